The van der Waals surface area contributed by atoms with Gasteiger partial charge in [0.15, 0.2) is 0 Å². The maximum absolute atomic E-state index is 9.70. The normalized spacial score (nSPS) is 11.2. The summed E-state index contributed by atoms with van der Waals surface area (Å²) in [6.45, 7) is 1.96. The second-order valence-corrected chi connectivity index (χ2v) is 4.53. The quantitative estimate of drug-likeness (QED) is 0.504. The van der Waals surface area contributed by atoms with Gasteiger partial charge in [-0.05, 0) is 31.2 Å². The molecule has 1 heterocycles. The fourth-order valence-corrected chi connectivity index (χ4v) is 1.95. The highest BCUT2D eigenvalue weighted by Gasteiger charge is 2.00. The number of fused-ring (bicyclic) bond motifs is 1. The number of aryl methyl sites for hydroxylation is 1. The molecule has 0 radical (unpaired) electrons. The number of phenolic OH excluding ortho intramolecular Hbond substituents is 1. The van der Waals surface area contributed by atoms with Crippen molar-refractivity contribution in [3.63, 3.8) is 0 Å². The molecule has 0 amide bonds. The smallest absolute Gasteiger partial charge is 0.222 e. The number of hydrazone groups is 1. The lowest BCUT2D eigenvalue weighted by atomic mass is 10.1. The fourth-order valence-electron chi connectivity index (χ4n) is 1.95. The number of rotatable bonds is 3. The van der Waals surface area contributed by atoms with Crippen LogP contribution in [-0.4, -0.2) is 21.3 Å². The maximum Gasteiger partial charge on any atom is 0.222 e. The zero-order chi connectivity index (χ0) is 13.9. The maximum atomic E-state index is 9.70. The number of nitrogens with zero attached hydrogens (tertiary/aromatic N) is 2. The topological polar surface area (TPSA) is 73.3 Å². The standard InChI is InChI=1S/C15H14N4O/c1-10-6-7-14(20)11(8-10)9-16-19-15-17-12-4-2-3-5-13(12)18-15/h2-9,20H,1H3,(H2,17,18,19)/b16-9+. The highest BCUT2D eigenvalue weighted by atomic mass is 16.3. The molecule has 0 aliphatic carbocycles. The molecule has 0 saturated heterocycles. The first kappa shape index (κ1) is 12.2. The number of hydrogen-bond acceptors (Lipinski definition) is 4. The van der Waals surface area contributed by atoms with E-state index < -0.39 is 0 Å². The molecule has 0 unspecified atom stereocenters. The number of aromatic nitrogens is 2. The Morgan fingerprint density at radius 3 is 2.95 bits per heavy atom. The number of nitrogens with one attached hydrogen (secondary N) is 2. The van der Waals surface area contributed by atoms with E-state index in [9.17, 15) is 5.11 Å². The summed E-state index contributed by atoms with van der Waals surface area (Å²) in [4.78, 5) is 7.45. The SMILES string of the molecule is Cc1ccc(O)c(/C=N/Nc2nc3ccccc3[nH]2)c1. The number of benzene rings is 2. The molecule has 100 valence electrons. The predicted molar refractivity (Wildman–Crippen MR) is 80.2 cm³/mol. The molecule has 3 rings (SSSR count). The molecular formula is C15H14N4O. The monoisotopic (exact) mass is 266 g/mol. The molecule has 0 aliphatic rings. The van der Waals surface area contributed by atoms with Crippen molar-refractivity contribution in [1.82, 2.24) is 9.97 Å². The Labute approximate surface area is 116 Å². The van der Waals surface area contributed by atoms with Crippen LogP contribution in [0.1, 0.15) is 11.1 Å². The number of aromatic hydroxyl groups is 1. The average Bonchev–Trinajstić information content (AvgIpc) is 2.85. The van der Waals surface area contributed by atoms with Crippen LogP contribution in [0.25, 0.3) is 11.0 Å². The summed E-state index contributed by atoms with van der Waals surface area (Å²) in [5.41, 5.74) is 6.37. The van der Waals surface area contributed by atoms with Gasteiger partial charge in [0.05, 0.1) is 17.2 Å². The van der Waals surface area contributed by atoms with E-state index >= 15 is 0 Å². The van der Waals surface area contributed by atoms with Gasteiger partial charge in [-0.1, -0.05) is 23.8 Å². The lowest BCUT2D eigenvalue weighted by Gasteiger charge is -2.00. The number of imidazole rings is 1. The molecule has 5 nitrogen and oxygen atoms in total. The van der Waals surface area contributed by atoms with Crippen LogP contribution in [0.5, 0.6) is 5.75 Å². The number of hydrogen-bond donors (Lipinski definition) is 3. The second-order valence-electron chi connectivity index (χ2n) is 4.53. The van der Waals surface area contributed by atoms with Gasteiger partial charge < -0.3 is 10.1 Å². The van der Waals surface area contributed by atoms with Gasteiger partial charge in [0.25, 0.3) is 0 Å². The molecule has 1 aromatic heterocycles. The lowest BCUT2D eigenvalue weighted by Crippen LogP contribution is -1.93. The zero-order valence-electron chi connectivity index (χ0n) is 11.0. The Balaban J connectivity index is 1.78. The van der Waals surface area contributed by atoms with E-state index in [4.69, 9.17) is 0 Å². The lowest BCUT2D eigenvalue weighted by molar-refractivity contribution is 0.474. The number of para-hydroxylation sites is 2. The summed E-state index contributed by atoms with van der Waals surface area (Å²) in [6, 6.07) is 13.1. The number of aromatic amines is 1. The first-order valence-corrected chi connectivity index (χ1v) is 6.26. The van der Waals surface area contributed by atoms with Crippen LogP contribution < -0.4 is 5.43 Å². The van der Waals surface area contributed by atoms with Gasteiger partial charge in [-0.2, -0.15) is 5.10 Å². The summed E-state index contributed by atoms with van der Waals surface area (Å²) in [5, 5.41) is 13.8. The van der Waals surface area contributed by atoms with Crippen molar-refractivity contribution >= 4 is 23.2 Å². The number of phenols is 1. The third-order valence-electron chi connectivity index (χ3n) is 2.95. The molecule has 3 aromatic rings. The average molecular weight is 266 g/mol. The van der Waals surface area contributed by atoms with Crippen LogP contribution in [-0.2, 0) is 0 Å². The molecule has 20 heavy (non-hydrogen) atoms. The van der Waals surface area contributed by atoms with E-state index in [1.54, 1.807) is 12.3 Å². The van der Waals surface area contributed by atoms with Crippen molar-refractivity contribution < 1.29 is 5.11 Å². The van der Waals surface area contributed by atoms with E-state index in [-0.39, 0.29) is 5.75 Å². The van der Waals surface area contributed by atoms with Gasteiger partial charge >= 0.3 is 0 Å². The number of anilines is 1. The molecular weight excluding hydrogens is 252 g/mol. The van der Waals surface area contributed by atoms with Gasteiger partial charge in [-0.15, -0.1) is 0 Å². The van der Waals surface area contributed by atoms with Crippen molar-refractivity contribution in [3.8, 4) is 5.75 Å². The highest BCUT2D eigenvalue weighted by Crippen LogP contribution is 2.16. The minimum atomic E-state index is 0.200. The minimum Gasteiger partial charge on any atom is -0.507 e. The molecule has 3 N–H and O–H groups in total. The molecule has 0 bridgehead atoms. The van der Waals surface area contributed by atoms with Crippen molar-refractivity contribution in [2.45, 2.75) is 6.92 Å². The fraction of sp³-hybridized carbons (Fsp3) is 0.0667. The first-order chi connectivity index (χ1) is 9.72. The van der Waals surface area contributed by atoms with E-state index in [0.717, 1.165) is 16.6 Å². The summed E-state index contributed by atoms with van der Waals surface area (Å²) in [6.07, 6.45) is 1.56. The van der Waals surface area contributed by atoms with Crippen molar-refractivity contribution in [2.75, 3.05) is 5.43 Å². The van der Waals surface area contributed by atoms with Crippen LogP contribution in [0, 0.1) is 6.92 Å². The van der Waals surface area contributed by atoms with Crippen LogP contribution in [0.2, 0.25) is 0 Å². The third kappa shape index (κ3) is 2.47. The summed E-state index contributed by atoms with van der Waals surface area (Å²) in [7, 11) is 0. The largest absolute Gasteiger partial charge is 0.507 e. The minimum absolute atomic E-state index is 0.200. The summed E-state index contributed by atoms with van der Waals surface area (Å²) >= 11 is 0. The highest BCUT2D eigenvalue weighted by molar-refractivity contribution is 5.84. The predicted octanol–water partition coefficient (Wildman–Crippen LogP) is 3.02. The third-order valence-corrected chi connectivity index (χ3v) is 2.95. The van der Waals surface area contributed by atoms with Crippen LogP contribution in [0.15, 0.2) is 47.6 Å². The summed E-state index contributed by atoms with van der Waals surface area (Å²) < 4.78 is 0. The Morgan fingerprint density at radius 2 is 2.10 bits per heavy atom. The van der Waals surface area contributed by atoms with Crippen LogP contribution >= 0.6 is 0 Å². The summed E-state index contributed by atoms with van der Waals surface area (Å²) in [5.74, 6) is 0.764. The second kappa shape index (κ2) is 5.05. The Kier molecular flexibility index (Phi) is 3.09. The molecule has 0 aliphatic heterocycles. The van der Waals surface area contributed by atoms with E-state index in [1.807, 2.05) is 43.3 Å². The van der Waals surface area contributed by atoms with Crippen molar-refractivity contribution in [1.29, 1.82) is 0 Å². The van der Waals surface area contributed by atoms with E-state index in [0.29, 0.717) is 11.5 Å². The van der Waals surface area contributed by atoms with Crippen LogP contribution in [0.3, 0.4) is 0 Å². The molecule has 0 spiro atoms. The Bertz CT molecular complexity index is 743. The Hall–Kier alpha value is -2.82. The van der Waals surface area contributed by atoms with Crippen molar-refractivity contribution in [2.24, 2.45) is 5.10 Å². The first-order valence-electron chi connectivity index (χ1n) is 6.26. The van der Waals surface area contributed by atoms with Gasteiger partial charge in [-0.3, -0.25) is 0 Å². The van der Waals surface area contributed by atoms with Gasteiger partial charge in [0.2, 0.25) is 5.95 Å². The van der Waals surface area contributed by atoms with E-state index in [1.165, 1.54) is 0 Å². The van der Waals surface area contributed by atoms with Crippen LogP contribution in [0.4, 0.5) is 5.95 Å². The van der Waals surface area contributed by atoms with E-state index in [2.05, 4.69) is 20.5 Å². The van der Waals surface area contributed by atoms with Gasteiger partial charge in [-0.25, -0.2) is 10.4 Å². The van der Waals surface area contributed by atoms with Gasteiger partial charge in [0.1, 0.15) is 5.75 Å². The molecule has 2 aromatic carbocycles. The molecule has 0 fully saturated rings. The molecule has 0 atom stereocenters. The molecule has 5 heteroatoms. The Morgan fingerprint density at radius 1 is 1.25 bits per heavy atom. The van der Waals surface area contributed by atoms with Crippen molar-refractivity contribution in [3.05, 3.63) is 53.6 Å². The number of H-pyrrole nitrogens is 1. The zero-order valence-corrected chi connectivity index (χ0v) is 11.0. The molecule has 0 saturated carbocycles. The van der Waals surface area contributed by atoms with Gasteiger partial charge in [0, 0.05) is 5.56 Å².